The molecule has 1 saturated carbocycles. The summed E-state index contributed by atoms with van der Waals surface area (Å²) >= 11 is 5.95. The summed E-state index contributed by atoms with van der Waals surface area (Å²) in [7, 11) is -1.83. The predicted octanol–water partition coefficient (Wildman–Crippen LogP) is 2.13. The molecular weight excluding hydrogens is 288 g/mol. The van der Waals surface area contributed by atoms with Gasteiger partial charge in [0.05, 0.1) is 17.4 Å². The normalized spacial score (nSPS) is 27.5. The third kappa shape index (κ3) is 2.59. The van der Waals surface area contributed by atoms with Crippen molar-refractivity contribution in [3.8, 4) is 5.75 Å². The molecule has 0 spiro atoms. The van der Waals surface area contributed by atoms with E-state index in [-0.39, 0.29) is 0 Å². The first kappa shape index (κ1) is 14.6. The summed E-state index contributed by atoms with van der Waals surface area (Å²) in [6.07, 6.45) is 2.75. The van der Waals surface area contributed by atoms with Crippen molar-refractivity contribution >= 4 is 21.4 Å². The van der Waals surface area contributed by atoms with E-state index in [1.165, 1.54) is 13.4 Å². The topological polar surface area (TPSA) is 63.6 Å². The lowest BCUT2D eigenvalue weighted by Gasteiger charge is -2.29. The van der Waals surface area contributed by atoms with Crippen molar-refractivity contribution in [1.82, 2.24) is 0 Å². The number of methoxy groups -OCH3 is 1. The van der Waals surface area contributed by atoms with Gasteiger partial charge in [0.25, 0.3) is 0 Å². The summed E-state index contributed by atoms with van der Waals surface area (Å²) in [5, 5.41) is 10.5. The standard InChI is InChI=1S/C13H17ClO4S/c1-18-11-8-9(5-6-10(11)14)13(15)7-3-4-12(13)19(2,16)17/h5-6,8,12,15H,3-4,7H2,1-2H3. The van der Waals surface area contributed by atoms with Crippen LogP contribution >= 0.6 is 11.6 Å². The first-order valence-electron chi connectivity index (χ1n) is 6.04. The fourth-order valence-electron chi connectivity index (χ4n) is 2.78. The number of aliphatic hydroxyl groups is 1. The Bertz CT molecular complexity index is 584. The zero-order valence-corrected chi connectivity index (χ0v) is 12.5. The summed E-state index contributed by atoms with van der Waals surface area (Å²) in [5.74, 6) is 0.437. The minimum Gasteiger partial charge on any atom is -0.495 e. The second-order valence-corrected chi connectivity index (χ2v) is 7.62. The zero-order valence-electron chi connectivity index (χ0n) is 10.9. The van der Waals surface area contributed by atoms with Crippen LogP contribution in [0.25, 0.3) is 0 Å². The molecule has 1 aliphatic carbocycles. The lowest BCUT2D eigenvalue weighted by Crippen LogP contribution is -2.39. The first-order chi connectivity index (χ1) is 8.79. The van der Waals surface area contributed by atoms with Crippen LogP contribution in [0.4, 0.5) is 0 Å². The highest BCUT2D eigenvalue weighted by Crippen LogP contribution is 2.44. The fraction of sp³-hybridized carbons (Fsp3) is 0.538. The van der Waals surface area contributed by atoms with Crippen LogP contribution in [0.3, 0.4) is 0 Å². The summed E-state index contributed by atoms with van der Waals surface area (Å²) < 4.78 is 28.8. The average Bonchev–Trinajstić information content (AvgIpc) is 2.73. The van der Waals surface area contributed by atoms with E-state index in [4.69, 9.17) is 16.3 Å². The van der Waals surface area contributed by atoms with E-state index in [0.717, 1.165) is 0 Å². The first-order valence-corrected chi connectivity index (χ1v) is 8.37. The number of rotatable bonds is 3. The number of sulfone groups is 1. The van der Waals surface area contributed by atoms with Gasteiger partial charge >= 0.3 is 0 Å². The summed E-state index contributed by atoms with van der Waals surface area (Å²) in [4.78, 5) is 0. The molecule has 2 atom stereocenters. The number of hydrogen-bond acceptors (Lipinski definition) is 4. The van der Waals surface area contributed by atoms with Gasteiger partial charge in [0.1, 0.15) is 11.4 Å². The van der Waals surface area contributed by atoms with Crippen molar-refractivity contribution < 1.29 is 18.3 Å². The van der Waals surface area contributed by atoms with Gasteiger partial charge in [0.2, 0.25) is 0 Å². The predicted molar refractivity (Wildman–Crippen MR) is 74.4 cm³/mol. The molecule has 4 nitrogen and oxygen atoms in total. The van der Waals surface area contributed by atoms with Gasteiger partial charge in [-0.15, -0.1) is 0 Å². The van der Waals surface area contributed by atoms with Crippen molar-refractivity contribution in [3.63, 3.8) is 0 Å². The second-order valence-electron chi connectivity index (χ2n) is 4.98. The molecule has 0 aliphatic heterocycles. The molecule has 1 aromatic carbocycles. The molecule has 1 aromatic rings. The molecule has 0 bridgehead atoms. The smallest absolute Gasteiger partial charge is 0.153 e. The monoisotopic (exact) mass is 304 g/mol. The van der Waals surface area contributed by atoms with Crippen molar-refractivity contribution in [2.24, 2.45) is 0 Å². The van der Waals surface area contributed by atoms with E-state index in [1.54, 1.807) is 18.2 Å². The molecule has 1 fully saturated rings. The maximum absolute atomic E-state index is 11.8. The Morgan fingerprint density at radius 1 is 1.47 bits per heavy atom. The van der Waals surface area contributed by atoms with Gasteiger partial charge in [-0.1, -0.05) is 17.7 Å². The summed E-state index contributed by atoms with van der Waals surface area (Å²) in [5.41, 5.74) is -0.812. The third-order valence-corrected chi connectivity index (χ3v) is 5.70. The van der Waals surface area contributed by atoms with Crippen LogP contribution in [0.5, 0.6) is 5.75 Å². The Balaban J connectivity index is 2.50. The van der Waals surface area contributed by atoms with E-state index in [1.807, 2.05) is 0 Å². The summed E-state index contributed by atoms with van der Waals surface area (Å²) in [6.45, 7) is 0. The molecular formula is C13H17ClO4S. The van der Waals surface area contributed by atoms with Crippen LogP contribution in [-0.2, 0) is 15.4 Å². The minimum atomic E-state index is -3.31. The number of halogens is 1. The molecule has 0 saturated heterocycles. The number of hydrogen-bond donors (Lipinski definition) is 1. The molecule has 0 radical (unpaired) electrons. The quantitative estimate of drug-likeness (QED) is 0.929. The molecule has 0 amide bonds. The second kappa shape index (κ2) is 4.96. The maximum Gasteiger partial charge on any atom is 0.153 e. The third-order valence-electron chi connectivity index (χ3n) is 3.72. The Kier molecular flexibility index (Phi) is 3.82. The van der Waals surface area contributed by atoms with Gasteiger partial charge in [-0.3, -0.25) is 0 Å². The molecule has 1 N–H and O–H groups in total. The van der Waals surface area contributed by atoms with E-state index < -0.39 is 20.7 Å². The largest absolute Gasteiger partial charge is 0.495 e. The van der Waals surface area contributed by atoms with Crippen LogP contribution in [0.15, 0.2) is 18.2 Å². The Labute approximate surface area is 118 Å². The highest BCUT2D eigenvalue weighted by atomic mass is 35.5. The maximum atomic E-state index is 11.8. The van der Waals surface area contributed by atoms with E-state index in [9.17, 15) is 13.5 Å². The Morgan fingerprint density at radius 3 is 2.74 bits per heavy atom. The molecule has 106 valence electrons. The molecule has 0 heterocycles. The SMILES string of the molecule is COc1cc(C2(O)CCCC2S(C)(=O)=O)ccc1Cl. The average molecular weight is 305 g/mol. The van der Waals surface area contributed by atoms with Gasteiger partial charge in [-0.25, -0.2) is 8.42 Å². The van der Waals surface area contributed by atoms with E-state index >= 15 is 0 Å². The van der Waals surface area contributed by atoms with Gasteiger partial charge in [0, 0.05) is 6.26 Å². The lowest BCUT2D eigenvalue weighted by atomic mass is 9.92. The van der Waals surface area contributed by atoms with Crippen molar-refractivity contribution in [2.75, 3.05) is 13.4 Å². The van der Waals surface area contributed by atoms with Gasteiger partial charge < -0.3 is 9.84 Å². The molecule has 19 heavy (non-hydrogen) atoms. The van der Waals surface area contributed by atoms with Crippen molar-refractivity contribution in [1.29, 1.82) is 0 Å². The van der Waals surface area contributed by atoms with Crippen LogP contribution in [0, 0.1) is 0 Å². The van der Waals surface area contributed by atoms with Crippen LogP contribution in [0.2, 0.25) is 5.02 Å². The van der Waals surface area contributed by atoms with Crippen molar-refractivity contribution in [3.05, 3.63) is 28.8 Å². The fourth-order valence-corrected chi connectivity index (χ4v) is 4.54. The van der Waals surface area contributed by atoms with Gasteiger partial charge in [-0.2, -0.15) is 0 Å². The zero-order chi connectivity index (χ0) is 14.3. The van der Waals surface area contributed by atoms with E-state index in [2.05, 4.69) is 0 Å². The minimum absolute atomic E-state index is 0.426. The van der Waals surface area contributed by atoms with Crippen LogP contribution < -0.4 is 4.74 Å². The number of ether oxygens (including phenoxy) is 1. The molecule has 1 aliphatic rings. The molecule has 2 rings (SSSR count). The Hall–Kier alpha value is -0.780. The van der Waals surface area contributed by atoms with E-state index in [0.29, 0.717) is 35.6 Å². The number of benzene rings is 1. The Morgan fingerprint density at radius 2 is 2.16 bits per heavy atom. The van der Waals surface area contributed by atoms with Crippen LogP contribution in [0.1, 0.15) is 24.8 Å². The lowest BCUT2D eigenvalue weighted by molar-refractivity contribution is 0.0475. The van der Waals surface area contributed by atoms with Crippen molar-refractivity contribution in [2.45, 2.75) is 30.1 Å². The van der Waals surface area contributed by atoms with Crippen LogP contribution in [-0.4, -0.2) is 32.1 Å². The highest BCUT2D eigenvalue weighted by molar-refractivity contribution is 7.91. The van der Waals surface area contributed by atoms with Gasteiger partial charge in [0.15, 0.2) is 9.84 Å². The molecule has 2 unspecified atom stereocenters. The molecule has 0 aromatic heterocycles. The highest BCUT2D eigenvalue weighted by Gasteiger charge is 2.48. The summed E-state index contributed by atoms with van der Waals surface area (Å²) in [6, 6.07) is 4.89. The van der Waals surface area contributed by atoms with Gasteiger partial charge in [-0.05, 0) is 37.0 Å². The molecule has 6 heteroatoms.